The maximum Gasteiger partial charge on any atom is 0.0554 e. The number of hydrogen-bond donors (Lipinski definition) is 2. The zero-order valence-electron chi connectivity index (χ0n) is 10.0. The molecule has 2 N–H and O–H groups in total. The minimum absolute atomic E-state index is 0.0126. The van der Waals surface area contributed by atoms with Gasteiger partial charge in [-0.3, -0.25) is 0 Å². The van der Waals surface area contributed by atoms with E-state index < -0.39 is 0 Å². The van der Waals surface area contributed by atoms with E-state index in [9.17, 15) is 5.11 Å². The van der Waals surface area contributed by atoms with E-state index in [1.807, 2.05) is 42.5 Å². The lowest BCUT2D eigenvalue weighted by Gasteiger charge is -2.12. The SMILES string of the molecule is OCC(c1ccccc1)c1cc2ccccc2[nH]1. The van der Waals surface area contributed by atoms with Crippen LogP contribution < -0.4 is 0 Å². The third-order valence-corrected chi connectivity index (χ3v) is 3.31. The summed E-state index contributed by atoms with van der Waals surface area (Å²) in [4.78, 5) is 3.39. The van der Waals surface area contributed by atoms with Crippen LogP contribution in [0.25, 0.3) is 10.9 Å². The Morgan fingerprint density at radius 2 is 1.67 bits per heavy atom. The summed E-state index contributed by atoms with van der Waals surface area (Å²) in [7, 11) is 0. The second kappa shape index (κ2) is 4.67. The van der Waals surface area contributed by atoms with Crippen molar-refractivity contribution in [2.75, 3.05) is 6.61 Å². The van der Waals surface area contributed by atoms with E-state index in [1.54, 1.807) is 0 Å². The minimum Gasteiger partial charge on any atom is -0.395 e. The van der Waals surface area contributed by atoms with E-state index in [0.29, 0.717) is 0 Å². The Balaban J connectivity index is 2.06. The number of H-pyrrole nitrogens is 1. The summed E-state index contributed by atoms with van der Waals surface area (Å²) in [5.74, 6) is 0.0126. The molecule has 2 heteroatoms. The van der Waals surface area contributed by atoms with Crippen LogP contribution in [0, 0.1) is 0 Å². The molecule has 1 heterocycles. The number of aromatic amines is 1. The van der Waals surface area contributed by atoms with Crippen LogP contribution in [-0.2, 0) is 0 Å². The van der Waals surface area contributed by atoms with E-state index in [-0.39, 0.29) is 12.5 Å². The molecule has 1 unspecified atom stereocenters. The molecule has 2 nitrogen and oxygen atoms in total. The largest absolute Gasteiger partial charge is 0.395 e. The van der Waals surface area contributed by atoms with E-state index in [2.05, 4.69) is 23.2 Å². The van der Waals surface area contributed by atoms with E-state index in [0.717, 1.165) is 16.8 Å². The van der Waals surface area contributed by atoms with Crippen LogP contribution in [0.3, 0.4) is 0 Å². The average molecular weight is 237 g/mol. The predicted molar refractivity (Wildman–Crippen MR) is 73.7 cm³/mol. The number of rotatable bonds is 3. The molecule has 3 rings (SSSR count). The van der Waals surface area contributed by atoms with Crippen molar-refractivity contribution in [2.45, 2.75) is 5.92 Å². The summed E-state index contributed by atoms with van der Waals surface area (Å²) >= 11 is 0. The number of benzene rings is 2. The van der Waals surface area contributed by atoms with Gasteiger partial charge in [-0.05, 0) is 23.1 Å². The summed E-state index contributed by atoms with van der Waals surface area (Å²) in [6.45, 7) is 0.108. The first-order chi connectivity index (χ1) is 8.88. The molecule has 0 aliphatic heterocycles. The van der Waals surface area contributed by atoms with E-state index in [4.69, 9.17) is 0 Å². The molecule has 0 aliphatic rings. The normalized spacial score (nSPS) is 12.7. The summed E-state index contributed by atoms with van der Waals surface area (Å²) in [6.07, 6.45) is 0. The average Bonchev–Trinajstić information content (AvgIpc) is 2.84. The maximum absolute atomic E-state index is 9.64. The topological polar surface area (TPSA) is 36.0 Å². The van der Waals surface area contributed by atoms with Gasteiger partial charge in [-0.25, -0.2) is 0 Å². The van der Waals surface area contributed by atoms with Crippen LogP contribution in [-0.4, -0.2) is 16.7 Å². The van der Waals surface area contributed by atoms with Crippen LogP contribution in [0.15, 0.2) is 60.7 Å². The molecule has 0 amide bonds. The molecule has 0 radical (unpaired) electrons. The Morgan fingerprint density at radius 3 is 2.39 bits per heavy atom. The van der Waals surface area contributed by atoms with Gasteiger partial charge in [0.15, 0.2) is 0 Å². The van der Waals surface area contributed by atoms with Crippen molar-refractivity contribution in [1.29, 1.82) is 0 Å². The van der Waals surface area contributed by atoms with Gasteiger partial charge < -0.3 is 10.1 Å². The Kier molecular flexibility index (Phi) is 2.87. The molecule has 0 aliphatic carbocycles. The Bertz CT molecular complexity index is 609. The first-order valence-electron chi connectivity index (χ1n) is 6.12. The molecule has 0 spiro atoms. The van der Waals surface area contributed by atoms with Crippen molar-refractivity contribution in [1.82, 2.24) is 4.98 Å². The molecule has 1 aromatic heterocycles. The molecule has 90 valence electrons. The highest BCUT2D eigenvalue weighted by Crippen LogP contribution is 2.26. The zero-order valence-corrected chi connectivity index (χ0v) is 10.0. The maximum atomic E-state index is 9.64. The summed E-state index contributed by atoms with van der Waals surface area (Å²) < 4.78 is 0. The molecule has 18 heavy (non-hydrogen) atoms. The first kappa shape index (κ1) is 11.1. The van der Waals surface area contributed by atoms with Crippen LogP contribution >= 0.6 is 0 Å². The second-order valence-electron chi connectivity index (χ2n) is 4.46. The highest BCUT2D eigenvalue weighted by molar-refractivity contribution is 5.80. The van der Waals surface area contributed by atoms with Gasteiger partial charge >= 0.3 is 0 Å². The fraction of sp³-hybridized carbons (Fsp3) is 0.125. The van der Waals surface area contributed by atoms with Gasteiger partial charge in [0.1, 0.15) is 0 Å². The molecule has 2 aromatic carbocycles. The second-order valence-corrected chi connectivity index (χ2v) is 4.46. The lowest BCUT2D eigenvalue weighted by molar-refractivity contribution is 0.279. The van der Waals surface area contributed by atoms with E-state index >= 15 is 0 Å². The summed E-state index contributed by atoms with van der Waals surface area (Å²) in [5, 5.41) is 10.8. The summed E-state index contributed by atoms with van der Waals surface area (Å²) in [6, 6.07) is 20.4. The van der Waals surface area contributed by atoms with Crippen LogP contribution in [0.1, 0.15) is 17.2 Å². The zero-order chi connectivity index (χ0) is 12.4. The third-order valence-electron chi connectivity index (χ3n) is 3.31. The number of para-hydroxylation sites is 1. The monoisotopic (exact) mass is 237 g/mol. The van der Waals surface area contributed by atoms with Gasteiger partial charge in [-0.2, -0.15) is 0 Å². The van der Waals surface area contributed by atoms with Crippen LogP contribution in [0.4, 0.5) is 0 Å². The van der Waals surface area contributed by atoms with Crippen molar-refractivity contribution in [3.05, 3.63) is 71.9 Å². The number of aliphatic hydroxyl groups excluding tert-OH is 1. The van der Waals surface area contributed by atoms with Gasteiger partial charge in [0.2, 0.25) is 0 Å². The van der Waals surface area contributed by atoms with Crippen molar-refractivity contribution >= 4 is 10.9 Å². The van der Waals surface area contributed by atoms with Crippen molar-refractivity contribution in [3.63, 3.8) is 0 Å². The van der Waals surface area contributed by atoms with Gasteiger partial charge in [0.05, 0.1) is 6.61 Å². The fourth-order valence-electron chi connectivity index (χ4n) is 2.35. The van der Waals surface area contributed by atoms with Crippen LogP contribution in [0.2, 0.25) is 0 Å². The van der Waals surface area contributed by atoms with Gasteiger partial charge in [-0.15, -0.1) is 0 Å². The number of aliphatic hydroxyl groups is 1. The van der Waals surface area contributed by atoms with Crippen molar-refractivity contribution in [2.24, 2.45) is 0 Å². The van der Waals surface area contributed by atoms with Gasteiger partial charge in [-0.1, -0.05) is 48.5 Å². The predicted octanol–water partition coefficient (Wildman–Crippen LogP) is 3.29. The minimum atomic E-state index is 0.0126. The Labute approximate surface area is 106 Å². The molecule has 3 aromatic rings. The van der Waals surface area contributed by atoms with Crippen molar-refractivity contribution in [3.8, 4) is 0 Å². The molecular weight excluding hydrogens is 222 g/mol. The van der Waals surface area contributed by atoms with Crippen LogP contribution in [0.5, 0.6) is 0 Å². The van der Waals surface area contributed by atoms with Crippen molar-refractivity contribution < 1.29 is 5.11 Å². The third kappa shape index (κ3) is 1.91. The van der Waals surface area contributed by atoms with Gasteiger partial charge in [0, 0.05) is 17.1 Å². The number of aromatic nitrogens is 1. The quantitative estimate of drug-likeness (QED) is 0.720. The fourth-order valence-corrected chi connectivity index (χ4v) is 2.35. The lowest BCUT2D eigenvalue weighted by Crippen LogP contribution is -2.06. The van der Waals surface area contributed by atoms with E-state index in [1.165, 1.54) is 5.39 Å². The molecule has 1 atom stereocenters. The standard InChI is InChI=1S/C16H15NO/c18-11-14(12-6-2-1-3-7-12)16-10-13-8-4-5-9-15(13)17-16/h1-10,14,17-18H,11H2. The lowest BCUT2D eigenvalue weighted by atomic mass is 9.97. The summed E-state index contributed by atoms with van der Waals surface area (Å²) in [5.41, 5.74) is 3.30. The Morgan fingerprint density at radius 1 is 0.944 bits per heavy atom. The highest BCUT2D eigenvalue weighted by Gasteiger charge is 2.14. The first-order valence-corrected chi connectivity index (χ1v) is 6.12. The number of fused-ring (bicyclic) bond motifs is 1. The molecule has 0 saturated heterocycles. The highest BCUT2D eigenvalue weighted by atomic mass is 16.3. The number of nitrogens with one attached hydrogen (secondary N) is 1. The smallest absolute Gasteiger partial charge is 0.0554 e. The number of hydrogen-bond acceptors (Lipinski definition) is 1. The Hall–Kier alpha value is -2.06. The molecule has 0 fully saturated rings. The molecule has 0 bridgehead atoms. The molecule has 0 saturated carbocycles. The molecular formula is C16H15NO. The van der Waals surface area contributed by atoms with Gasteiger partial charge in [0.25, 0.3) is 0 Å².